The molecule has 8 heteroatoms. The molecule has 1 aromatic carbocycles. The van der Waals surface area contributed by atoms with Crippen molar-refractivity contribution < 1.29 is 9.47 Å². The first-order valence-electron chi connectivity index (χ1n) is 8.26. The normalized spacial score (nSPS) is 13.6. The van der Waals surface area contributed by atoms with Gasteiger partial charge in [0.2, 0.25) is 0 Å². The Labute approximate surface area is 164 Å². The molecule has 0 radical (unpaired) electrons. The van der Waals surface area contributed by atoms with Gasteiger partial charge in [0.05, 0.1) is 26.1 Å². The zero-order valence-electron chi connectivity index (χ0n) is 14.3. The van der Waals surface area contributed by atoms with E-state index in [2.05, 4.69) is 20.6 Å². The van der Waals surface area contributed by atoms with Gasteiger partial charge < -0.3 is 24.7 Å². The van der Waals surface area contributed by atoms with Crippen molar-refractivity contribution in [2.45, 2.75) is 19.9 Å². The van der Waals surface area contributed by atoms with E-state index in [-0.39, 0.29) is 24.0 Å². The molecular weight excluding hydrogens is 433 g/mol. The lowest BCUT2D eigenvalue weighted by atomic mass is 10.3. The minimum absolute atomic E-state index is 0. The maximum Gasteiger partial charge on any atom is 0.195 e. The molecule has 7 nitrogen and oxygen atoms in total. The SMILES string of the molecule is CCNC(=NCCn1ccnc1)Nc1ccc2c(c1)OCCCO2.I. The number of imidazole rings is 1. The second-order valence-corrected chi connectivity index (χ2v) is 5.40. The minimum Gasteiger partial charge on any atom is -0.490 e. The van der Waals surface area contributed by atoms with E-state index >= 15 is 0 Å². The van der Waals surface area contributed by atoms with Crippen molar-refractivity contribution in [3.05, 3.63) is 36.9 Å². The molecule has 0 saturated carbocycles. The van der Waals surface area contributed by atoms with Crippen LogP contribution < -0.4 is 20.1 Å². The van der Waals surface area contributed by atoms with E-state index in [0.717, 1.165) is 42.7 Å². The van der Waals surface area contributed by atoms with Gasteiger partial charge in [-0.25, -0.2) is 4.98 Å². The fourth-order valence-electron chi connectivity index (χ4n) is 2.38. The average Bonchev–Trinajstić information content (AvgIpc) is 2.99. The molecule has 0 aliphatic carbocycles. The lowest BCUT2D eigenvalue weighted by Gasteiger charge is -2.13. The van der Waals surface area contributed by atoms with Gasteiger partial charge in [-0.2, -0.15) is 0 Å². The summed E-state index contributed by atoms with van der Waals surface area (Å²) >= 11 is 0. The number of nitrogens with zero attached hydrogens (tertiary/aromatic N) is 3. The second-order valence-electron chi connectivity index (χ2n) is 5.40. The molecule has 2 aromatic rings. The Morgan fingerprint density at radius 3 is 2.88 bits per heavy atom. The highest BCUT2D eigenvalue weighted by molar-refractivity contribution is 14.0. The fraction of sp³-hybridized carbons (Fsp3) is 0.412. The highest BCUT2D eigenvalue weighted by atomic mass is 127. The number of hydrogen-bond donors (Lipinski definition) is 2. The first kappa shape index (κ1) is 19.4. The molecule has 0 unspecified atom stereocenters. The van der Waals surface area contributed by atoms with Gasteiger partial charge in [0.1, 0.15) is 0 Å². The van der Waals surface area contributed by atoms with Crippen LogP contribution in [0, 0.1) is 0 Å². The number of benzene rings is 1. The molecule has 0 amide bonds. The van der Waals surface area contributed by atoms with E-state index < -0.39 is 0 Å². The molecule has 0 spiro atoms. The standard InChI is InChI=1S/C17H23N5O2.HI/c1-2-19-17(20-7-9-22-8-6-18-13-22)21-14-4-5-15-16(12-14)24-11-3-10-23-15;/h4-6,8,12-13H,2-3,7,9-11H2,1H3,(H2,19,20,21);1H. The first-order valence-corrected chi connectivity index (χ1v) is 8.26. The van der Waals surface area contributed by atoms with Crippen LogP contribution in [0.1, 0.15) is 13.3 Å². The van der Waals surface area contributed by atoms with Crippen LogP contribution in [-0.2, 0) is 6.54 Å². The van der Waals surface area contributed by atoms with Gasteiger partial charge in [-0.1, -0.05) is 0 Å². The third-order valence-corrected chi connectivity index (χ3v) is 3.54. The topological polar surface area (TPSA) is 72.7 Å². The van der Waals surface area contributed by atoms with Crippen LogP contribution in [0.25, 0.3) is 0 Å². The Morgan fingerprint density at radius 1 is 1.28 bits per heavy atom. The van der Waals surface area contributed by atoms with Crippen molar-refractivity contribution >= 4 is 35.6 Å². The number of nitrogens with one attached hydrogen (secondary N) is 2. The van der Waals surface area contributed by atoms with E-state index in [1.54, 1.807) is 12.5 Å². The number of ether oxygens (including phenoxy) is 2. The summed E-state index contributed by atoms with van der Waals surface area (Å²) in [6.45, 7) is 5.66. The number of guanidine groups is 1. The van der Waals surface area contributed by atoms with E-state index in [9.17, 15) is 0 Å². The lowest BCUT2D eigenvalue weighted by Crippen LogP contribution is -2.31. The van der Waals surface area contributed by atoms with Crippen molar-refractivity contribution in [1.82, 2.24) is 14.9 Å². The smallest absolute Gasteiger partial charge is 0.195 e. The monoisotopic (exact) mass is 457 g/mol. The Hall–Kier alpha value is -1.97. The first-order chi connectivity index (χ1) is 11.8. The number of halogens is 1. The third kappa shape index (κ3) is 5.80. The van der Waals surface area contributed by atoms with Gasteiger partial charge in [0.25, 0.3) is 0 Å². The van der Waals surface area contributed by atoms with E-state index in [1.807, 2.05) is 35.9 Å². The fourth-order valence-corrected chi connectivity index (χ4v) is 2.38. The molecule has 0 saturated heterocycles. The number of aliphatic imine (C=N–C) groups is 1. The maximum absolute atomic E-state index is 5.73. The summed E-state index contributed by atoms with van der Waals surface area (Å²) < 4.78 is 13.4. The van der Waals surface area contributed by atoms with Gasteiger partial charge in [-0.05, 0) is 19.1 Å². The summed E-state index contributed by atoms with van der Waals surface area (Å²) in [5, 5.41) is 6.55. The molecule has 1 aliphatic heterocycles. The van der Waals surface area contributed by atoms with Crippen molar-refractivity contribution in [3.8, 4) is 11.5 Å². The molecule has 0 atom stereocenters. The van der Waals surface area contributed by atoms with Crippen LogP contribution in [0.5, 0.6) is 11.5 Å². The number of hydrogen-bond acceptors (Lipinski definition) is 4. The predicted molar refractivity (Wildman–Crippen MR) is 109 cm³/mol. The Kier molecular flexibility index (Phi) is 7.83. The Balaban J connectivity index is 0.00000225. The summed E-state index contributed by atoms with van der Waals surface area (Å²) in [7, 11) is 0. The Bertz CT molecular complexity index is 676. The molecule has 3 rings (SSSR count). The molecule has 0 fully saturated rings. The minimum atomic E-state index is 0. The van der Waals surface area contributed by atoms with Gasteiger partial charge in [-0.3, -0.25) is 4.99 Å². The molecule has 1 aliphatic rings. The summed E-state index contributed by atoms with van der Waals surface area (Å²) in [4.78, 5) is 8.62. The molecule has 0 bridgehead atoms. The zero-order chi connectivity index (χ0) is 16.6. The van der Waals surface area contributed by atoms with Crippen molar-refractivity contribution in [3.63, 3.8) is 0 Å². The molecule has 25 heavy (non-hydrogen) atoms. The van der Waals surface area contributed by atoms with Crippen molar-refractivity contribution in [2.75, 3.05) is 31.6 Å². The second kappa shape index (κ2) is 10.1. The van der Waals surface area contributed by atoms with Crippen molar-refractivity contribution in [1.29, 1.82) is 0 Å². The summed E-state index contributed by atoms with van der Waals surface area (Å²) in [5.41, 5.74) is 0.918. The van der Waals surface area contributed by atoms with Gasteiger partial charge in [-0.15, -0.1) is 24.0 Å². The van der Waals surface area contributed by atoms with Crippen LogP contribution in [0.15, 0.2) is 41.9 Å². The highest BCUT2D eigenvalue weighted by Crippen LogP contribution is 2.32. The lowest BCUT2D eigenvalue weighted by molar-refractivity contribution is 0.297. The van der Waals surface area contributed by atoms with Gasteiger partial charge in [0.15, 0.2) is 17.5 Å². The summed E-state index contributed by atoms with van der Waals surface area (Å²) in [5.74, 6) is 2.30. The van der Waals surface area contributed by atoms with Crippen LogP contribution in [0.3, 0.4) is 0 Å². The number of fused-ring (bicyclic) bond motifs is 1. The van der Waals surface area contributed by atoms with E-state index in [0.29, 0.717) is 19.8 Å². The Morgan fingerprint density at radius 2 is 2.12 bits per heavy atom. The van der Waals surface area contributed by atoms with E-state index in [4.69, 9.17) is 9.47 Å². The predicted octanol–water partition coefficient (Wildman–Crippen LogP) is 2.74. The largest absolute Gasteiger partial charge is 0.490 e. The maximum atomic E-state index is 5.73. The number of rotatable bonds is 5. The van der Waals surface area contributed by atoms with Gasteiger partial charge in [0, 0.05) is 43.7 Å². The molecular formula is C17H24IN5O2. The highest BCUT2D eigenvalue weighted by Gasteiger charge is 2.11. The van der Waals surface area contributed by atoms with Crippen LogP contribution in [-0.4, -0.2) is 41.8 Å². The molecule has 2 heterocycles. The third-order valence-electron chi connectivity index (χ3n) is 3.54. The average molecular weight is 457 g/mol. The van der Waals surface area contributed by atoms with Gasteiger partial charge >= 0.3 is 0 Å². The summed E-state index contributed by atoms with van der Waals surface area (Å²) in [6, 6.07) is 5.84. The van der Waals surface area contributed by atoms with E-state index in [1.165, 1.54) is 0 Å². The van der Waals surface area contributed by atoms with Crippen LogP contribution >= 0.6 is 24.0 Å². The van der Waals surface area contributed by atoms with Crippen LogP contribution in [0.4, 0.5) is 5.69 Å². The zero-order valence-corrected chi connectivity index (χ0v) is 16.6. The van der Waals surface area contributed by atoms with Crippen molar-refractivity contribution in [2.24, 2.45) is 4.99 Å². The van der Waals surface area contributed by atoms with Crippen LogP contribution in [0.2, 0.25) is 0 Å². The molecule has 2 N–H and O–H groups in total. The number of aromatic nitrogens is 2. The number of anilines is 1. The quantitative estimate of drug-likeness (QED) is 0.411. The molecule has 1 aromatic heterocycles. The summed E-state index contributed by atoms with van der Waals surface area (Å²) in [6.07, 6.45) is 6.39. The molecule has 136 valence electrons.